The Hall–Kier alpha value is -0.300. The van der Waals surface area contributed by atoms with E-state index >= 15 is 0 Å². The van der Waals surface area contributed by atoms with E-state index in [4.69, 9.17) is 5.73 Å². The van der Waals surface area contributed by atoms with Crippen LogP contribution in [0.1, 0.15) is 43.9 Å². The van der Waals surface area contributed by atoms with E-state index in [0.717, 1.165) is 19.5 Å². The van der Waals surface area contributed by atoms with E-state index in [1.807, 2.05) is 0 Å². The fourth-order valence-electron chi connectivity index (χ4n) is 2.83. The molecule has 0 saturated heterocycles. The predicted octanol–water partition coefficient (Wildman–Crippen LogP) is 3.78. The third-order valence-corrected chi connectivity index (χ3v) is 5.19. The molecule has 0 amide bonds. The first-order valence-corrected chi connectivity index (χ1v) is 8.18. The molecule has 0 atom stereocenters. The zero-order valence-electron chi connectivity index (χ0n) is 12.2. The fraction of sp³-hybridized carbons (Fsp3) is 0.667. The Morgan fingerprint density at radius 1 is 1.45 bits per heavy atom. The van der Waals surface area contributed by atoms with E-state index in [1.54, 1.807) is 11.3 Å². The minimum atomic E-state index is 0. The molecular weight excluding hydrogens is 381 g/mol. The number of nitrogens with zero attached hydrogens (tertiary/aromatic N) is 1. The van der Waals surface area contributed by atoms with Gasteiger partial charge in [-0.25, -0.2) is 0 Å². The van der Waals surface area contributed by atoms with Crippen molar-refractivity contribution in [3.05, 3.63) is 22.4 Å². The average Bonchev–Trinajstić information content (AvgIpc) is 3.08. The molecule has 2 rings (SSSR count). The Bertz CT molecular complexity index is 397. The highest BCUT2D eigenvalue weighted by molar-refractivity contribution is 14.0. The van der Waals surface area contributed by atoms with Gasteiger partial charge in [-0.2, -0.15) is 0 Å². The minimum Gasteiger partial charge on any atom is -0.370 e. The van der Waals surface area contributed by atoms with Gasteiger partial charge in [0.25, 0.3) is 0 Å². The zero-order chi connectivity index (χ0) is 13.6. The summed E-state index contributed by atoms with van der Waals surface area (Å²) in [4.78, 5) is 5.94. The van der Waals surface area contributed by atoms with Crippen molar-refractivity contribution in [1.82, 2.24) is 5.32 Å². The lowest BCUT2D eigenvalue weighted by Crippen LogP contribution is -2.34. The molecule has 1 heterocycles. The van der Waals surface area contributed by atoms with Gasteiger partial charge >= 0.3 is 0 Å². The number of hydrogen-bond donors (Lipinski definition) is 2. The summed E-state index contributed by atoms with van der Waals surface area (Å²) in [7, 11) is 0. The normalized spacial score (nSPS) is 17.8. The molecular formula is C15H26IN3S. The largest absolute Gasteiger partial charge is 0.370 e. The predicted molar refractivity (Wildman–Crippen MR) is 99.1 cm³/mol. The van der Waals surface area contributed by atoms with Crippen LogP contribution in [0.3, 0.4) is 0 Å². The number of thiophene rings is 1. The second-order valence-electron chi connectivity index (χ2n) is 5.52. The van der Waals surface area contributed by atoms with Gasteiger partial charge in [0, 0.05) is 18.0 Å². The molecule has 0 aliphatic heterocycles. The van der Waals surface area contributed by atoms with Crippen molar-refractivity contribution >= 4 is 41.3 Å². The van der Waals surface area contributed by atoms with Crippen LogP contribution in [0.15, 0.2) is 22.5 Å². The monoisotopic (exact) mass is 407 g/mol. The number of aliphatic imine (C=N–C) groups is 1. The molecule has 0 radical (unpaired) electrons. The summed E-state index contributed by atoms with van der Waals surface area (Å²) < 4.78 is 0. The molecule has 1 aliphatic rings. The van der Waals surface area contributed by atoms with Crippen molar-refractivity contribution in [2.24, 2.45) is 16.1 Å². The molecule has 1 aromatic rings. The van der Waals surface area contributed by atoms with Crippen molar-refractivity contribution in [1.29, 1.82) is 0 Å². The zero-order valence-corrected chi connectivity index (χ0v) is 15.4. The van der Waals surface area contributed by atoms with Crippen LogP contribution in [0.2, 0.25) is 0 Å². The summed E-state index contributed by atoms with van der Waals surface area (Å²) in [5.74, 6) is 0.608. The molecule has 20 heavy (non-hydrogen) atoms. The van der Waals surface area contributed by atoms with E-state index < -0.39 is 0 Å². The molecule has 0 spiro atoms. The minimum absolute atomic E-state index is 0. The quantitative estimate of drug-likeness (QED) is 0.428. The standard InChI is InChI=1S/C15H25N3S.HI/c1-2-15(8-3-4-9-15)12-18-14(16)17-10-7-13-6-5-11-19-13;/h5-6,11H,2-4,7-10,12H2,1H3,(H3,16,17,18);1H. The van der Waals surface area contributed by atoms with Gasteiger partial charge in [-0.15, -0.1) is 35.3 Å². The highest BCUT2D eigenvalue weighted by Gasteiger charge is 2.31. The molecule has 114 valence electrons. The smallest absolute Gasteiger partial charge is 0.188 e. The first-order valence-electron chi connectivity index (χ1n) is 7.30. The fourth-order valence-corrected chi connectivity index (χ4v) is 3.53. The van der Waals surface area contributed by atoms with E-state index in [2.05, 4.69) is 34.7 Å². The lowest BCUT2D eigenvalue weighted by atomic mass is 9.84. The van der Waals surface area contributed by atoms with Gasteiger partial charge in [-0.3, -0.25) is 4.99 Å². The summed E-state index contributed by atoms with van der Waals surface area (Å²) >= 11 is 1.79. The van der Waals surface area contributed by atoms with Gasteiger partial charge in [0.1, 0.15) is 0 Å². The number of guanidine groups is 1. The van der Waals surface area contributed by atoms with E-state index in [1.165, 1.54) is 37.0 Å². The maximum Gasteiger partial charge on any atom is 0.188 e. The third-order valence-electron chi connectivity index (χ3n) is 4.26. The molecule has 0 bridgehead atoms. The second-order valence-corrected chi connectivity index (χ2v) is 6.55. The summed E-state index contributed by atoms with van der Waals surface area (Å²) in [5, 5.41) is 5.33. The van der Waals surface area contributed by atoms with Crippen LogP contribution in [-0.4, -0.2) is 19.0 Å². The van der Waals surface area contributed by atoms with Crippen LogP contribution in [-0.2, 0) is 6.42 Å². The maximum absolute atomic E-state index is 5.95. The van der Waals surface area contributed by atoms with Gasteiger partial charge < -0.3 is 11.1 Å². The Balaban J connectivity index is 0.00000200. The van der Waals surface area contributed by atoms with Crippen LogP contribution in [0.4, 0.5) is 0 Å². The van der Waals surface area contributed by atoms with Gasteiger partial charge in [0.15, 0.2) is 5.96 Å². The third kappa shape index (κ3) is 5.24. The van der Waals surface area contributed by atoms with Gasteiger partial charge in [0.05, 0.1) is 0 Å². The Labute approximate surface area is 143 Å². The highest BCUT2D eigenvalue weighted by Crippen LogP contribution is 2.40. The molecule has 3 N–H and O–H groups in total. The lowest BCUT2D eigenvalue weighted by molar-refractivity contribution is 0.297. The summed E-state index contributed by atoms with van der Waals surface area (Å²) in [6, 6.07) is 4.24. The second kappa shape index (κ2) is 8.87. The van der Waals surface area contributed by atoms with Gasteiger partial charge in [-0.05, 0) is 42.5 Å². The molecule has 0 aromatic carbocycles. The molecule has 0 unspecified atom stereocenters. The van der Waals surface area contributed by atoms with Crippen molar-refractivity contribution in [3.63, 3.8) is 0 Å². The highest BCUT2D eigenvalue weighted by atomic mass is 127. The van der Waals surface area contributed by atoms with Gasteiger partial charge in [0.2, 0.25) is 0 Å². The van der Waals surface area contributed by atoms with Crippen molar-refractivity contribution < 1.29 is 0 Å². The van der Waals surface area contributed by atoms with Crippen LogP contribution in [0, 0.1) is 5.41 Å². The molecule has 1 aliphatic carbocycles. The van der Waals surface area contributed by atoms with Gasteiger partial charge in [-0.1, -0.05) is 25.8 Å². The molecule has 5 heteroatoms. The van der Waals surface area contributed by atoms with E-state index in [-0.39, 0.29) is 24.0 Å². The number of rotatable bonds is 6. The van der Waals surface area contributed by atoms with E-state index in [9.17, 15) is 0 Å². The van der Waals surface area contributed by atoms with Crippen molar-refractivity contribution in [3.8, 4) is 0 Å². The maximum atomic E-state index is 5.95. The number of nitrogens with one attached hydrogen (secondary N) is 1. The van der Waals surface area contributed by atoms with Crippen LogP contribution in [0.25, 0.3) is 0 Å². The average molecular weight is 407 g/mol. The Morgan fingerprint density at radius 3 is 2.80 bits per heavy atom. The summed E-state index contributed by atoms with van der Waals surface area (Å²) in [6.07, 6.45) is 7.58. The topological polar surface area (TPSA) is 50.4 Å². The first kappa shape index (κ1) is 17.8. The summed E-state index contributed by atoms with van der Waals surface area (Å²) in [6.45, 7) is 4.04. The first-order chi connectivity index (χ1) is 9.24. The SMILES string of the molecule is CCC1(CN=C(N)NCCc2cccs2)CCCC1.I. The molecule has 3 nitrogen and oxygen atoms in total. The van der Waals surface area contributed by atoms with Crippen molar-refractivity contribution in [2.45, 2.75) is 45.4 Å². The molecule has 1 aromatic heterocycles. The Morgan fingerprint density at radius 2 is 2.20 bits per heavy atom. The Kier molecular flexibility index (Phi) is 7.87. The van der Waals surface area contributed by atoms with Crippen LogP contribution in [0.5, 0.6) is 0 Å². The van der Waals surface area contributed by atoms with Crippen LogP contribution < -0.4 is 11.1 Å². The number of nitrogens with two attached hydrogens (primary N) is 1. The lowest BCUT2D eigenvalue weighted by Gasteiger charge is -2.25. The number of hydrogen-bond acceptors (Lipinski definition) is 2. The number of halogens is 1. The molecule has 1 fully saturated rings. The summed E-state index contributed by atoms with van der Waals surface area (Å²) in [5.41, 5.74) is 6.38. The molecule has 1 saturated carbocycles. The van der Waals surface area contributed by atoms with Crippen LogP contribution >= 0.6 is 35.3 Å². The van der Waals surface area contributed by atoms with E-state index in [0.29, 0.717) is 11.4 Å². The van der Waals surface area contributed by atoms with Crippen molar-refractivity contribution in [2.75, 3.05) is 13.1 Å².